The van der Waals surface area contributed by atoms with Gasteiger partial charge in [-0.05, 0) is 52.5 Å². The van der Waals surface area contributed by atoms with Crippen LogP contribution in [0.5, 0.6) is 0 Å². The van der Waals surface area contributed by atoms with Crippen molar-refractivity contribution in [3.8, 4) is 0 Å². The molecule has 0 radical (unpaired) electrons. The van der Waals surface area contributed by atoms with Crippen LogP contribution in [0, 0.1) is 0 Å². The molecule has 0 saturated carbocycles. The Morgan fingerprint density at radius 2 is 2.42 bits per heavy atom. The molecule has 0 aromatic carbocycles. The monoisotopic (exact) mass is 265 g/mol. The topological polar surface area (TPSA) is 31.6 Å². The molecular formula is C15H27N3O. The second kappa shape index (κ2) is 7.08. The summed E-state index contributed by atoms with van der Waals surface area (Å²) in [5, 5.41) is 3.50. The van der Waals surface area contributed by atoms with Gasteiger partial charge in [-0.2, -0.15) is 0 Å². The maximum atomic E-state index is 5.39. The van der Waals surface area contributed by atoms with Gasteiger partial charge < -0.3 is 19.5 Å². The summed E-state index contributed by atoms with van der Waals surface area (Å²) in [5.74, 6) is 1.01. The van der Waals surface area contributed by atoms with Crippen molar-refractivity contribution in [2.45, 2.75) is 31.8 Å². The van der Waals surface area contributed by atoms with E-state index in [9.17, 15) is 0 Å². The number of nitrogens with one attached hydrogen (secondary N) is 1. The minimum atomic E-state index is 0.289. The predicted molar refractivity (Wildman–Crippen MR) is 78.3 cm³/mol. The van der Waals surface area contributed by atoms with Crippen LogP contribution in [0.2, 0.25) is 0 Å². The zero-order valence-corrected chi connectivity index (χ0v) is 12.4. The van der Waals surface area contributed by atoms with Crippen molar-refractivity contribution in [1.29, 1.82) is 0 Å². The number of furan rings is 1. The fourth-order valence-electron chi connectivity index (χ4n) is 2.77. The van der Waals surface area contributed by atoms with Gasteiger partial charge in [-0.15, -0.1) is 0 Å². The quantitative estimate of drug-likeness (QED) is 0.816. The third-order valence-corrected chi connectivity index (χ3v) is 4.11. The predicted octanol–water partition coefficient (Wildman–Crippen LogP) is 1.96. The first-order valence-corrected chi connectivity index (χ1v) is 7.32. The van der Waals surface area contributed by atoms with E-state index >= 15 is 0 Å². The summed E-state index contributed by atoms with van der Waals surface area (Å²) < 4.78 is 5.39. The Balaban J connectivity index is 1.62. The van der Waals surface area contributed by atoms with Gasteiger partial charge in [0.25, 0.3) is 0 Å². The van der Waals surface area contributed by atoms with Crippen LogP contribution in [0.25, 0.3) is 0 Å². The Kier molecular flexibility index (Phi) is 5.43. The molecule has 1 aliphatic heterocycles. The average molecular weight is 265 g/mol. The SMILES string of the molecule is CC(NCCN(C)CC1CCCN1C)c1ccco1. The Hall–Kier alpha value is -0.840. The van der Waals surface area contributed by atoms with E-state index in [1.807, 2.05) is 12.1 Å². The number of likely N-dealkylation sites (N-methyl/N-ethyl adjacent to an activating group) is 2. The molecule has 2 unspecified atom stereocenters. The number of likely N-dealkylation sites (tertiary alicyclic amines) is 1. The highest BCUT2D eigenvalue weighted by Crippen LogP contribution is 2.15. The Labute approximate surface area is 116 Å². The largest absolute Gasteiger partial charge is 0.468 e. The van der Waals surface area contributed by atoms with Crippen molar-refractivity contribution in [3.63, 3.8) is 0 Å². The Morgan fingerprint density at radius 3 is 3.05 bits per heavy atom. The molecule has 4 heteroatoms. The zero-order chi connectivity index (χ0) is 13.7. The summed E-state index contributed by atoms with van der Waals surface area (Å²) in [7, 11) is 4.45. The molecule has 4 nitrogen and oxygen atoms in total. The molecule has 0 amide bonds. The fourth-order valence-corrected chi connectivity index (χ4v) is 2.77. The van der Waals surface area contributed by atoms with Gasteiger partial charge >= 0.3 is 0 Å². The summed E-state index contributed by atoms with van der Waals surface area (Å²) in [6.07, 6.45) is 4.43. The van der Waals surface area contributed by atoms with E-state index in [4.69, 9.17) is 4.42 Å². The van der Waals surface area contributed by atoms with E-state index in [1.54, 1.807) is 6.26 Å². The smallest absolute Gasteiger partial charge is 0.120 e. The van der Waals surface area contributed by atoms with E-state index in [1.165, 1.54) is 25.9 Å². The number of hydrogen-bond acceptors (Lipinski definition) is 4. The van der Waals surface area contributed by atoms with E-state index in [2.05, 4.69) is 36.1 Å². The minimum Gasteiger partial charge on any atom is -0.468 e. The van der Waals surface area contributed by atoms with Gasteiger partial charge in [0.1, 0.15) is 5.76 Å². The van der Waals surface area contributed by atoms with Crippen LogP contribution in [-0.2, 0) is 0 Å². The third-order valence-electron chi connectivity index (χ3n) is 4.11. The molecule has 1 N–H and O–H groups in total. The lowest BCUT2D eigenvalue weighted by Crippen LogP contribution is -2.39. The summed E-state index contributed by atoms with van der Waals surface area (Å²) >= 11 is 0. The van der Waals surface area contributed by atoms with Crippen LogP contribution in [0.3, 0.4) is 0 Å². The highest BCUT2D eigenvalue weighted by atomic mass is 16.3. The lowest BCUT2D eigenvalue weighted by molar-refractivity contribution is 0.218. The number of rotatable bonds is 7. The van der Waals surface area contributed by atoms with Crippen LogP contribution < -0.4 is 5.32 Å². The highest BCUT2D eigenvalue weighted by molar-refractivity contribution is 5.02. The van der Waals surface area contributed by atoms with Gasteiger partial charge in [0.15, 0.2) is 0 Å². The molecule has 1 aromatic rings. The Bertz CT molecular complexity index is 352. The second-order valence-electron chi connectivity index (χ2n) is 5.73. The van der Waals surface area contributed by atoms with Crippen molar-refractivity contribution in [1.82, 2.24) is 15.1 Å². The summed E-state index contributed by atoms with van der Waals surface area (Å²) in [5.41, 5.74) is 0. The van der Waals surface area contributed by atoms with Crippen LogP contribution in [0.4, 0.5) is 0 Å². The van der Waals surface area contributed by atoms with Gasteiger partial charge in [-0.3, -0.25) is 0 Å². The molecule has 108 valence electrons. The van der Waals surface area contributed by atoms with E-state index in [0.717, 1.165) is 24.9 Å². The van der Waals surface area contributed by atoms with Crippen molar-refractivity contribution >= 4 is 0 Å². The van der Waals surface area contributed by atoms with Crippen molar-refractivity contribution in [3.05, 3.63) is 24.2 Å². The first-order valence-electron chi connectivity index (χ1n) is 7.32. The number of hydrogen-bond donors (Lipinski definition) is 1. The molecule has 1 aromatic heterocycles. The van der Waals surface area contributed by atoms with Gasteiger partial charge in [-0.25, -0.2) is 0 Å². The molecule has 0 spiro atoms. The maximum absolute atomic E-state index is 5.39. The van der Waals surface area contributed by atoms with Crippen molar-refractivity contribution < 1.29 is 4.42 Å². The number of nitrogens with zero attached hydrogens (tertiary/aromatic N) is 2. The van der Waals surface area contributed by atoms with E-state index in [0.29, 0.717) is 0 Å². The third kappa shape index (κ3) is 4.34. The van der Waals surface area contributed by atoms with Crippen molar-refractivity contribution in [2.24, 2.45) is 0 Å². The molecule has 2 heterocycles. The van der Waals surface area contributed by atoms with Crippen molar-refractivity contribution in [2.75, 3.05) is 40.3 Å². The van der Waals surface area contributed by atoms with Crippen LogP contribution >= 0.6 is 0 Å². The first-order chi connectivity index (χ1) is 9.16. The lowest BCUT2D eigenvalue weighted by Gasteiger charge is -2.26. The average Bonchev–Trinajstić information content (AvgIpc) is 3.02. The molecule has 1 saturated heterocycles. The fraction of sp³-hybridized carbons (Fsp3) is 0.733. The van der Waals surface area contributed by atoms with Crippen LogP contribution in [-0.4, -0.2) is 56.1 Å². The normalized spacial score (nSPS) is 22.2. The molecule has 19 heavy (non-hydrogen) atoms. The van der Waals surface area contributed by atoms with Crippen LogP contribution in [0.1, 0.15) is 31.6 Å². The summed E-state index contributed by atoms with van der Waals surface area (Å²) in [6.45, 7) is 6.65. The Morgan fingerprint density at radius 1 is 1.58 bits per heavy atom. The van der Waals surface area contributed by atoms with E-state index < -0.39 is 0 Å². The highest BCUT2D eigenvalue weighted by Gasteiger charge is 2.21. The summed E-state index contributed by atoms with van der Waals surface area (Å²) in [4.78, 5) is 4.91. The first kappa shape index (κ1) is 14.6. The molecule has 0 bridgehead atoms. The molecule has 2 atom stereocenters. The molecule has 1 aliphatic rings. The summed E-state index contributed by atoms with van der Waals surface area (Å²) in [6, 6.07) is 5.00. The van der Waals surface area contributed by atoms with E-state index in [-0.39, 0.29) is 6.04 Å². The minimum absolute atomic E-state index is 0.289. The standard InChI is InChI=1S/C15H27N3O/c1-13(15-7-5-11-19-15)16-8-10-17(2)12-14-6-4-9-18(14)3/h5,7,11,13-14,16H,4,6,8-10,12H2,1-3H3. The lowest BCUT2D eigenvalue weighted by atomic mass is 10.2. The molecule has 2 rings (SSSR count). The van der Waals surface area contributed by atoms with Gasteiger partial charge in [0.05, 0.1) is 12.3 Å². The zero-order valence-electron chi connectivity index (χ0n) is 12.4. The molecular weight excluding hydrogens is 238 g/mol. The molecule has 0 aliphatic carbocycles. The van der Waals surface area contributed by atoms with Crippen LogP contribution in [0.15, 0.2) is 22.8 Å². The van der Waals surface area contributed by atoms with Gasteiger partial charge in [0.2, 0.25) is 0 Å². The maximum Gasteiger partial charge on any atom is 0.120 e. The second-order valence-corrected chi connectivity index (χ2v) is 5.73. The molecule has 1 fully saturated rings. The van der Waals surface area contributed by atoms with Gasteiger partial charge in [-0.1, -0.05) is 0 Å². The van der Waals surface area contributed by atoms with Gasteiger partial charge in [0, 0.05) is 25.7 Å².